The molecule has 1 fully saturated rings. The van der Waals surface area contributed by atoms with E-state index in [4.69, 9.17) is 0 Å². The highest BCUT2D eigenvalue weighted by Crippen LogP contribution is 2.37. The Labute approximate surface area is 142 Å². The number of fused-ring (bicyclic) bond motifs is 1. The van der Waals surface area contributed by atoms with Crippen LogP contribution in [0.5, 0.6) is 0 Å². The lowest BCUT2D eigenvalue weighted by Crippen LogP contribution is -2.29. The molecule has 0 amide bonds. The molecule has 1 aliphatic heterocycles. The van der Waals surface area contributed by atoms with E-state index in [0.717, 1.165) is 5.56 Å². The lowest BCUT2D eigenvalue weighted by molar-refractivity contribution is 0.223. The van der Waals surface area contributed by atoms with Gasteiger partial charge in [-0.3, -0.25) is 0 Å². The molecule has 9 heteroatoms. The van der Waals surface area contributed by atoms with Crippen LogP contribution in [0.1, 0.15) is 11.5 Å². The minimum Gasteiger partial charge on any atom is -0.396 e. The van der Waals surface area contributed by atoms with Crippen LogP contribution in [-0.4, -0.2) is 47.8 Å². The Morgan fingerprint density at radius 3 is 2.92 bits per heavy atom. The van der Waals surface area contributed by atoms with E-state index in [0.29, 0.717) is 12.1 Å². The monoisotopic (exact) mass is 365 g/mol. The van der Waals surface area contributed by atoms with E-state index in [1.807, 2.05) is 16.8 Å². The third-order valence-electron chi connectivity index (χ3n) is 4.48. The number of hydrogen-bond acceptors (Lipinski definition) is 7. The second-order valence-corrected chi connectivity index (χ2v) is 8.50. The van der Waals surface area contributed by atoms with Crippen LogP contribution in [-0.2, 0) is 10.0 Å². The van der Waals surface area contributed by atoms with Gasteiger partial charge in [-0.2, -0.15) is 15.6 Å². The quantitative estimate of drug-likeness (QED) is 0.756. The van der Waals surface area contributed by atoms with Gasteiger partial charge in [0.1, 0.15) is 10.4 Å². The number of sulfonamides is 1. The molecule has 1 N–H and O–H groups in total. The van der Waals surface area contributed by atoms with Gasteiger partial charge in [0.25, 0.3) is 0 Å². The summed E-state index contributed by atoms with van der Waals surface area (Å²) in [5, 5.41) is 21.1. The summed E-state index contributed by atoms with van der Waals surface area (Å²) in [7, 11) is -3.74. The van der Waals surface area contributed by atoms with Gasteiger partial charge in [0.05, 0.1) is 0 Å². The first-order valence-electron chi connectivity index (χ1n) is 7.45. The van der Waals surface area contributed by atoms with Crippen LogP contribution in [0.25, 0.3) is 11.0 Å². The van der Waals surface area contributed by atoms with Crippen LogP contribution in [0.3, 0.4) is 0 Å². The molecule has 7 nitrogen and oxygen atoms in total. The lowest BCUT2D eigenvalue weighted by Gasteiger charge is -2.16. The second-order valence-electron chi connectivity index (χ2n) is 5.82. The molecule has 0 radical (unpaired) electrons. The molecular formula is C15H15N3O4S2. The average Bonchev–Trinajstić information content (AvgIpc) is 3.31. The first-order valence-corrected chi connectivity index (χ1v) is 9.84. The van der Waals surface area contributed by atoms with Gasteiger partial charge >= 0.3 is 0 Å². The first kappa shape index (κ1) is 15.7. The van der Waals surface area contributed by atoms with E-state index in [2.05, 4.69) is 14.9 Å². The highest BCUT2D eigenvalue weighted by atomic mass is 32.2. The van der Waals surface area contributed by atoms with Gasteiger partial charge in [-0.15, -0.1) is 0 Å². The Morgan fingerprint density at radius 1 is 1.29 bits per heavy atom. The molecule has 4 rings (SSSR count). The molecule has 3 heterocycles. The molecule has 2 aromatic heterocycles. The predicted molar refractivity (Wildman–Crippen MR) is 88.2 cm³/mol. The third-order valence-corrected chi connectivity index (χ3v) is 7.04. The van der Waals surface area contributed by atoms with Gasteiger partial charge in [-0.25, -0.2) is 13.0 Å². The van der Waals surface area contributed by atoms with E-state index in [9.17, 15) is 13.5 Å². The molecule has 1 aliphatic rings. The first-order chi connectivity index (χ1) is 11.6. The zero-order valence-corrected chi connectivity index (χ0v) is 14.2. The van der Waals surface area contributed by atoms with Crippen LogP contribution < -0.4 is 0 Å². The van der Waals surface area contributed by atoms with Crippen molar-refractivity contribution in [3.05, 3.63) is 40.6 Å². The normalized spacial score (nSPS) is 22.4. The molecule has 2 atom stereocenters. The zero-order chi connectivity index (χ0) is 16.7. The van der Waals surface area contributed by atoms with Crippen molar-refractivity contribution in [3.8, 4) is 0 Å². The predicted octanol–water partition coefficient (Wildman–Crippen LogP) is 1.68. The maximum absolute atomic E-state index is 13.1. The largest absolute Gasteiger partial charge is 0.396 e. The lowest BCUT2D eigenvalue weighted by atomic mass is 9.92. The Balaban J connectivity index is 1.72. The SMILES string of the molecule is O=S(=O)(c1cccc2nonc12)N1C[C@@H](CO)[C@@H](c2ccsc2)C1. The molecule has 1 aromatic carbocycles. The number of thiophene rings is 1. The maximum atomic E-state index is 13.1. The summed E-state index contributed by atoms with van der Waals surface area (Å²) in [5.74, 6) is -0.130. The standard InChI is InChI=1S/C15H15N3O4S2/c19-8-11-6-18(7-12(11)10-4-5-23-9-10)24(20,21)14-3-1-2-13-15(14)17-22-16-13/h1-5,9,11-12,19H,6-8H2/t11-,12+/m0/s1. The Kier molecular flexibility index (Phi) is 3.87. The van der Waals surface area contributed by atoms with Crippen molar-refractivity contribution >= 4 is 32.4 Å². The fourth-order valence-electron chi connectivity index (χ4n) is 3.21. The molecule has 0 aliphatic carbocycles. The van der Waals surface area contributed by atoms with E-state index in [1.165, 1.54) is 10.4 Å². The smallest absolute Gasteiger partial charge is 0.245 e. The second kappa shape index (κ2) is 5.92. The van der Waals surface area contributed by atoms with Crippen LogP contribution in [0, 0.1) is 5.92 Å². The third kappa shape index (κ3) is 2.44. The van der Waals surface area contributed by atoms with Crippen molar-refractivity contribution in [1.29, 1.82) is 0 Å². The van der Waals surface area contributed by atoms with Crippen LogP contribution >= 0.6 is 11.3 Å². The number of aliphatic hydroxyl groups excluding tert-OH is 1. The van der Waals surface area contributed by atoms with Gasteiger partial charge in [-0.05, 0) is 44.8 Å². The molecule has 24 heavy (non-hydrogen) atoms. The zero-order valence-electron chi connectivity index (χ0n) is 12.6. The average molecular weight is 365 g/mol. The number of aromatic nitrogens is 2. The maximum Gasteiger partial charge on any atom is 0.245 e. The van der Waals surface area contributed by atoms with Crippen molar-refractivity contribution < 1.29 is 18.2 Å². The van der Waals surface area contributed by atoms with E-state index < -0.39 is 10.0 Å². The summed E-state index contributed by atoms with van der Waals surface area (Å²) in [6.45, 7) is 0.565. The Bertz CT molecular complexity index is 952. The van der Waals surface area contributed by atoms with Crippen molar-refractivity contribution in [2.24, 2.45) is 5.92 Å². The summed E-state index contributed by atoms with van der Waals surface area (Å²) in [6.07, 6.45) is 0. The minimum absolute atomic E-state index is 0.00865. The number of benzene rings is 1. The molecular weight excluding hydrogens is 350 g/mol. The summed E-state index contributed by atoms with van der Waals surface area (Å²) in [4.78, 5) is 0.0870. The van der Waals surface area contributed by atoms with Crippen LogP contribution in [0.2, 0.25) is 0 Å². The van der Waals surface area contributed by atoms with Crippen molar-refractivity contribution in [1.82, 2.24) is 14.6 Å². The van der Waals surface area contributed by atoms with Crippen LogP contribution in [0.4, 0.5) is 0 Å². The number of hydrogen-bond donors (Lipinski definition) is 1. The van der Waals surface area contributed by atoms with Gasteiger partial charge in [0.2, 0.25) is 10.0 Å². The molecule has 3 aromatic rings. The topological polar surface area (TPSA) is 96.5 Å². The van der Waals surface area contributed by atoms with E-state index >= 15 is 0 Å². The van der Waals surface area contributed by atoms with Crippen molar-refractivity contribution in [2.45, 2.75) is 10.8 Å². The van der Waals surface area contributed by atoms with Gasteiger partial charge in [-0.1, -0.05) is 6.07 Å². The molecule has 1 saturated heterocycles. The summed E-state index contributed by atoms with van der Waals surface area (Å²) in [5.41, 5.74) is 1.71. The summed E-state index contributed by atoms with van der Waals surface area (Å²) >= 11 is 1.57. The molecule has 126 valence electrons. The highest BCUT2D eigenvalue weighted by Gasteiger charge is 2.40. The number of nitrogens with zero attached hydrogens (tertiary/aromatic N) is 3. The summed E-state index contributed by atoms with van der Waals surface area (Å²) < 4.78 is 32.2. The fourth-order valence-corrected chi connectivity index (χ4v) is 5.59. The highest BCUT2D eigenvalue weighted by molar-refractivity contribution is 7.89. The van der Waals surface area contributed by atoms with Crippen LogP contribution in [0.15, 0.2) is 44.6 Å². The van der Waals surface area contributed by atoms with E-state index in [1.54, 1.807) is 23.5 Å². The molecule has 0 bridgehead atoms. The van der Waals surface area contributed by atoms with Gasteiger partial charge < -0.3 is 5.11 Å². The molecule has 0 spiro atoms. The number of rotatable bonds is 4. The Hall–Kier alpha value is -1.81. The molecule has 0 unspecified atom stereocenters. The van der Waals surface area contributed by atoms with Crippen molar-refractivity contribution in [3.63, 3.8) is 0 Å². The fraction of sp³-hybridized carbons (Fsp3) is 0.333. The van der Waals surface area contributed by atoms with Gasteiger partial charge in [0, 0.05) is 31.5 Å². The van der Waals surface area contributed by atoms with Gasteiger partial charge in [0.15, 0.2) is 5.52 Å². The van der Waals surface area contributed by atoms with Crippen molar-refractivity contribution in [2.75, 3.05) is 19.7 Å². The van der Waals surface area contributed by atoms with E-state index in [-0.39, 0.29) is 35.4 Å². The number of aliphatic hydroxyl groups is 1. The summed E-state index contributed by atoms with van der Waals surface area (Å²) in [6, 6.07) is 6.76. The molecule has 0 saturated carbocycles. The Morgan fingerprint density at radius 2 is 2.17 bits per heavy atom. The minimum atomic E-state index is -3.74.